The lowest BCUT2D eigenvalue weighted by atomic mass is 9.85. The van der Waals surface area contributed by atoms with Crippen LogP contribution < -0.4 is 5.32 Å². The molecule has 1 aromatic carbocycles. The molecule has 0 spiro atoms. The van der Waals surface area contributed by atoms with E-state index in [1.807, 2.05) is 26.8 Å². The highest BCUT2D eigenvalue weighted by Crippen LogP contribution is 2.24. The third-order valence-corrected chi connectivity index (χ3v) is 4.25. The van der Waals surface area contributed by atoms with Crippen molar-refractivity contribution in [1.82, 2.24) is 10.2 Å². The van der Waals surface area contributed by atoms with E-state index in [1.54, 1.807) is 0 Å². The summed E-state index contributed by atoms with van der Waals surface area (Å²) in [6, 6.07) is 10.7. The summed E-state index contributed by atoms with van der Waals surface area (Å²) in [5.41, 5.74) is 0.885. The van der Waals surface area contributed by atoms with E-state index in [0.29, 0.717) is 11.8 Å². The molecule has 23 heavy (non-hydrogen) atoms. The number of nitrogens with zero attached hydrogens (tertiary/aromatic N) is 1. The van der Waals surface area contributed by atoms with Gasteiger partial charge in [-0.15, -0.1) is 0 Å². The van der Waals surface area contributed by atoms with Crippen LogP contribution in [0.5, 0.6) is 0 Å². The van der Waals surface area contributed by atoms with Gasteiger partial charge >= 0.3 is 6.09 Å². The van der Waals surface area contributed by atoms with Gasteiger partial charge in [0.15, 0.2) is 0 Å². The Morgan fingerprint density at radius 2 is 1.74 bits per heavy atom. The number of nitrogens with one attached hydrogen (secondary N) is 1. The quantitative estimate of drug-likeness (QED) is 0.924. The highest BCUT2D eigenvalue weighted by Gasteiger charge is 2.33. The maximum atomic E-state index is 12.0. The van der Waals surface area contributed by atoms with Gasteiger partial charge in [-0.25, -0.2) is 4.79 Å². The van der Waals surface area contributed by atoms with Crippen LogP contribution >= 0.6 is 0 Å². The Bertz CT molecular complexity index is 498. The third-order valence-electron chi connectivity index (χ3n) is 4.25. The van der Waals surface area contributed by atoms with Crippen LogP contribution in [0.4, 0.5) is 4.79 Å². The van der Waals surface area contributed by atoms with Crippen molar-refractivity contribution in [2.75, 3.05) is 13.1 Å². The summed E-state index contributed by atoms with van der Waals surface area (Å²) in [6.07, 6.45) is -0.308. The van der Waals surface area contributed by atoms with Crippen molar-refractivity contribution >= 4 is 6.09 Å². The summed E-state index contributed by atoms with van der Waals surface area (Å²) in [5.74, 6) is 0.796. The number of rotatable bonds is 3. The van der Waals surface area contributed by atoms with Crippen LogP contribution in [-0.2, 0) is 11.3 Å². The predicted molar refractivity (Wildman–Crippen MR) is 93.2 cm³/mol. The molecule has 128 valence electrons. The van der Waals surface area contributed by atoms with Gasteiger partial charge < -0.3 is 10.1 Å². The van der Waals surface area contributed by atoms with Gasteiger partial charge in [0.05, 0.1) is 0 Å². The number of amides is 1. The molecule has 0 aromatic heterocycles. The van der Waals surface area contributed by atoms with E-state index in [-0.39, 0.29) is 12.1 Å². The van der Waals surface area contributed by atoms with Crippen LogP contribution in [0.25, 0.3) is 0 Å². The Balaban J connectivity index is 1.90. The van der Waals surface area contributed by atoms with Crippen molar-refractivity contribution in [1.29, 1.82) is 0 Å². The largest absolute Gasteiger partial charge is 0.444 e. The minimum atomic E-state index is -0.454. The van der Waals surface area contributed by atoms with Crippen LogP contribution in [0.1, 0.15) is 40.2 Å². The van der Waals surface area contributed by atoms with E-state index in [4.69, 9.17) is 4.74 Å². The van der Waals surface area contributed by atoms with Gasteiger partial charge in [0, 0.05) is 25.7 Å². The zero-order chi connectivity index (χ0) is 17.0. The minimum Gasteiger partial charge on any atom is -0.444 e. The molecule has 4 heteroatoms. The molecule has 1 aromatic rings. The summed E-state index contributed by atoms with van der Waals surface area (Å²) in [7, 11) is 0. The lowest BCUT2D eigenvalue weighted by molar-refractivity contribution is 0.0367. The fourth-order valence-corrected chi connectivity index (χ4v) is 3.38. The first-order valence-corrected chi connectivity index (χ1v) is 8.50. The zero-order valence-corrected chi connectivity index (χ0v) is 15.0. The molecule has 0 radical (unpaired) electrons. The van der Waals surface area contributed by atoms with Crippen molar-refractivity contribution in [3.05, 3.63) is 35.9 Å². The molecule has 1 N–H and O–H groups in total. The van der Waals surface area contributed by atoms with Gasteiger partial charge in [0.2, 0.25) is 0 Å². The van der Waals surface area contributed by atoms with Crippen molar-refractivity contribution < 1.29 is 9.53 Å². The molecule has 1 aliphatic rings. The number of hydrogen-bond donors (Lipinski definition) is 1. The molecule has 1 fully saturated rings. The van der Waals surface area contributed by atoms with Gasteiger partial charge in [-0.05, 0) is 38.2 Å². The van der Waals surface area contributed by atoms with Gasteiger partial charge in [-0.2, -0.15) is 0 Å². The highest BCUT2D eigenvalue weighted by atomic mass is 16.6. The van der Waals surface area contributed by atoms with Crippen LogP contribution in [0, 0.1) is 11.8 Å². The van der Waals surface area contributed by atoms with Crippen molar-refractivity contribution in [3.63, 3.8) is 0 Å². The molecule has 2 atom stereocenters. The number of carbonyl (C=O) groups excluding carboxylic acids is 1. The van der Waals surface area contributed by atoms with Gasteiger partial charge in [-0.3, -0.25) is 4.90 Å². The molecule has 2 rings (SSSR count). The number of likely N-dealkylation sites (tertiary alicyclic amines) is 1. The molecular formula is C19H30N2O2. The number of piperidine rings is 1. The van der Waals surface area contributed by atoms with Gasteiger partial charge in [-0.1, -0.05) is 44.2 Å². The summed E-state index contributed by atoms with van der Waals surface area (Å²) in [5, 5.41) is 3.07. The number of hydrogen-bond acceptors (Lipinski definition) is 3. The van der Waals surface area contributed by atoms with E-state index in [1.165, 1.54) is 5.56 Å². The lowest BCUT2D eigenvalue weighted by Gasteiger charge is -2.41. The predicted octanol–water partition coefficient (Wildman–Crippen LogP) is 3.67. The maximum absolute atomic E-state index is 12.0. The second-order valence-electron chi connectivity index (χ2n) is 7.81. The molecule has 1 saturated heterocycles. The Labute approximate surface area is 140 Å². The van der Waals surface area contributed by atoms with Gasteiger partial charge in [0.1, 0.15) is 5.60 Å². The van der Waals surface area contributed by atoms with Crippen molar-refractivity contribution in [2.24, 2.45) is 11.8 Å². The van der Waals surface area contributed by atoms with Crippen LogP contribution in [0.15, 0.2) is 30.3 Å². The molecule has 0 saturated carbocycles. The first-order valence-electron chi connectivity index (χ1n) is 8.50. The molecule has 2 unspecified atom stereocenters. The SMILES string of the molecule is CC1CN(Cc2ccccc2)CC(C)C1NC(=O)OC(C)(C)C. The average Bonchev–Trinajstić information content (AvgIpc) is 2.42. The normalized spacial score (nSPS) is 25.9. The minimum absolute atomic E-state index is 0.164. The second-order valence-corrected chi connectivity index (χ2v) is 7.81. The lowest BCUT2D eigenvalue weighted by Crippen LogP contribution is -2.55. The van der Waals surface area contributed by atoms with E-state index in [2.05, 4.69) is 48.3 Å². The first-order chi connectivity index (χ1) is 10.7. The Morgan fingerprint density at radius 1 is 1.17 bits per heavy atom. The zero-order valence-electron chi connectivity index (χ0n) is 15.0. The highest BCUT2D eigenvalue weighted by molar-refractivity contribution is 5.68. The van der Waals surface area contributed by atoms with Gasteiger partial charge in [0.25, 0.3) is 0 Å². The molecule has 1 heterocycles. The van der Waals surface area contributed by atoms with E-state index >= 15 is 0 Å². The fourth-order valence-electron chi connectivity index (χ4n) is 3.38. The van der Waals surface area contributed by atoms with Crippen molar-refractivity contribution in [2.45, 2.75) is 52.8 Å². The smallest absolute Gasteiger partial charge is 0.407 e. The Hall–Kier alpha value is -1.55. The number of ether oxygens (including phenoxy) is 1. The molecule has 1 aliphatic heterocycles. The van der Waals surface area contributed by atoms with Crippen LogP contribution in [-0.4, -0.2) is 35.7 Å². The fraction of sp³-hybridized carbons (Fsp3) is 0.632. The Morgan fingerprint density at radius 3 is 2.26 bits per heavy atom. The Kier molecular flexibility index (Phi) is 5.69. The summed E-state index contributed by atoms with van der Waals surface area (Å²) < 4.78 is 5.40. The van der Waals surface area contributed by atoms with Crippen LogP contribution in [0.2, 0.25) is 0 Å². The average molecular weight is 318 g/mol. The van der Waals surface area contributed by atoms with Crippen LogP contribution in [0.3, 0.4) is 0 Å². The monoisotopic (exact) mass is 318 g/mol. The topological polar surface area (TPSA) is 41.6 Å². The third kappa shape index (κ3) is 5.54. The summed E-state index contributed by atoms with van der Waals surface area (Å²) in [6.45, 7) is 13.0. The molecule has 1 amide bonds. The number of alkyl carbamates (subject to hydrolysis) is 1. The molecule has 0 aliphatic carbocycles. The molecule has 4 nitrogen and oxygen atoms in total. The summed E-state index contributed by atoms with van der Waals surface area (Å²) in [4.78, 5) is 14.5. The molecule has 0 bridgehead atoms. The van der Waals surface area contributed by atoms with E-state index in [9.17, 15) is 4.79 Å². The summed E-state index contributed by atoms with van der Waals surface area (Å²) >= 11 is 0. The van der Waals surface area contributed by atoms with Crippen molar-refractivity contribution in [3.8, 4) is 0 Å². The standard InChI is InChI=1S/C19H30N2O2/c1-14-11-21(13-16-9-7-6-8-10-16)12-15(2)17(14)20-18(22)23-19(3,4)5/h6-10,14-15,17H,11-13H2,1-5H3,(H,20,22). The van der Waals surface area contributed by atoms with E-state index < -0.39 is 5.60 Å². The number of benzene rings is 1. The maximum Gasteiger partial charge on any atom is 0.407 e. The second kappa shape index (κ2) is 7.35. The first kappa shape index (κ1) is 17.8. The van der Waals surface area contributed by atoms with E-state index in [0.717, 1.165) is 19.6 Å². The molecular weight excluding hydrogens is 288 g/mol. The number of carbonyl (C=O) groups is 1.